The zero-order chi connectivity index (χ0) is 26.5. The summed E-state index contributed by atoms with van der Waals surface area (Å²) in [5.74, 6) is 0.0261. The van der Waals surface area contributed by atoms with Gasteiger partial charge in [-0.25, -0.2) is 0 Å². The van der Waals surface area contributed by atoms with E-state index in [0.29, 0.717) is 38.9 Å². The van der Waals surface area contributed by atoms with E-state index in [4.69, 9.17) is 21.1 Å². The summed E-state index contributed by atoms with van der Waals surface area (Å²) in [6, 6.07) is 18.2. The van der Waals surface area contributed by atoms with Crippen LogP contribution in [0.2, 0.25) is 5.02 Å². The largest absolute Gasteiger partial charge is 0.493 e. The van der Waals surface area contributed by atoms with Gasteiger partial charge in [0, 0.05) is 10.2 Å². The summed E-state index contributed by atoms with van der Waals surface area (Å²) in [4.78, 5) is 39.0. The fourth-order valence-corrected chi connectivity index (χ4v) is 5.45. The molecule has 4 rings (SSSR count). The van der Waals surface area contributed by atoms with Crippen molar-refractivity contribution in [2.75, 3.05) is 19.0 Å². The monoisotopic (exact) mass is 712 g/mol. The predicted octanol–water partition coefficient (Wildman–Crippen LogP) is 6.97. The molecule has 3 amide bonds. The summed E-state index contributed by atoms with van der Waals surface area (Å²) >= 11 is 12.3. The van der Waals surface area contributed by atoms with E-state index in [1.807, 2.05) is 36.4 Å². The minimum atomic E-state index is -0.544. The molecule has 3 aromatic rings. The molecule has 37 heavy (non-hydrogen) atoms. The van der Waals surface area contributed by atoms with E-state index in [0.717, 1.165) is 25.8 Å². The molecule has 0 saturated carbocycles. The molecule has 0 spiro atoms. The number of thioether (sulfide) groups is 1. The Labute approximate surface area is 244 Å². The zero-order valence-corrected chi connectivity index (χ0v) is 24.6. The summed E-state index contributed by atoms with van der Waals surface area (Å²) < 4.78 is 13.0. The van der Waals surface area contributed by atoms with Crippen LogP contribution in [0.1, 0.15) is 11.1 Å². The first-order chi connectivity index (χ1) is 17.7. The molecule has 7 nitrogen and oxygen atoms in total. The highest BCUT2D eigenvalue weighted by Gasteiger charge is 2.36. The second-order valence-corrected chi connectivity index (χ2v) is 11.2. The van der Waals surface area contributed by atoms with E-state index >= 15 is 0 Å². The van der Waals surface area contributed by atoms with Gasteiger partial charge in [0.2, 0.25) is 5.91 Å². The van der Waals surface area contributed by atoms with Crippen molar-refractivity contribution < 1.29 is 23.9 Å². The van der Waals surface area contributed by atoms with Crippen molar-refractivity contribution >= 4 is 90.7 Å². The number of carbonyl (C=O) groups is 3. The number of benzene rings is 3. The normalized spacial score (nSPS) is 14.3. The molecule has 0 aromatic heterocycles. The molecule has 0 radical (unpaired) electrons. The smallest absolute Gasteiger partial charge is 0.294 e. The Morgan fingerprint density at radius 3 is 2.62 bits per heavy atom. The lowest BCUT2D eigenvalue weighted by molar-refractivity contribution is -0.127. The van der Waals surface area contributed by atoms with Gasteiger partial charge < -0.3 is 14.8 Å². The van der Waals surface area contributed by atoms with Gasteiger partial charge in [0.05, 0.1) is 20.6 Å². The minimum absolute atomic E-state index is 0.209. The van der Waals surface area contributed by atoms with Gasteiger partial charge in [-0.3, -0.25) is 19.3 Å². The van der Waals surface area contributed by atoms with Crippen LogP contribution >= 0.6 is 61.9 Å². The van der Waals surface area contributed by atoms with Crippen LogP contribution in [-0.2, 0) is 16.2 Å². The quantitative estimate of drug-likeness (QED) is 0.201. The number of hydrogen-bond donors (Lipinski definition) is 1. The molecule has 3 aromatic carbocycles. The lowest BCUT2D eigenvalue weighted by Gasteiger charge is -2.14. The van der Waals surface area contributed by atoms with Crippen LogP contribution in [0, 0.1) is 3.57 Å². The SMILES string of the molecule is COc1cc(/C=C2/SC(=O)N(CC(=O)Nc3ccc(Br)c(Cl)c3)C2=O)cc(I)c1OCc1ccccc1. The highest BCUT2D eigenvalue weighted by molar-refractivity contribution is 14.1. The maximum Gasteiger partial charge on any atom is 0.294 e. The Kier molecular flexibility index (Phi) is 9.17. The highest BCUT2D eigenvalue weighted by Crippen LogP contribution is 2.37. The van der Waals surface area contributed by atoms with E-state index in [-0.39, 0.29) is 4.91 Å². The standard InChI is InChI=1S/C26H19BrClIN2O5S/c1-35-21-10-16(9-20(29)24(21)36-14-15-5-3-2-4-6-15)11-22-25(33)31(26(34)37-22)13-23(32)30-17-7-8-18(27)19(28)12-17/h2-12H,13-14H2,1H3,(H,30,32)/b22-11+. The minimum Gasteiger partial charge on any atom is -0.493 e. The van der Waals surface area contributed by atoms with E-state index < -0.39 is 23.6 Å². The topological polar surface area (TPSA) is 84.9 Å². The number of carbonyl (C=O) groups excluding carboxylic acids is 3. The summed E-state index contributed by atoms with van der Waals surface area (Å²) in [6.45, 7) is -0.0389. The molecule has 11 heteroatoms. The van der Waals surface area contributed by atoms with Crippen LogP contribution in [0.25, 0.3) is 6.08 Å². The average Bonchev–Trinajstić information content (AvgIpc) is 3.13. The molecule has 1 aliphatic heterocycles. The summed E-state index contributed by atoms with van der Waals surface area (Å²) in [7, 11) is 1.54. The Bertz CT molecular complexity index is 1400. The molecule has 1 heterocycles. The van der Waals surface area contributed by atoms with Gasteiger partial charge in [-0.1, -0.05) is 41.9 Å². The number of nitrogens with zero attached hydrogens (tertiary/aromatic N) is 1. The second kappa shape index (κ2) is 12.3. The number of anilines is 1. The number of methoxy groups -OCH3 is 1. The van der Waals surface area contributed by atoms with Gasteiger partial charge in [-0.05, 0) is 97.8 Å². The van der Waals surface area contributed by atoms with Crippen molar-refractivity contribution in [2.45, 2.75) is 6.61 Å². The zero-order valence-electron chi connectivity index (χ0n) is 19.3. The van der Waals surface area contributed by atoms with E-state index in [1.54, 1.807) is 30.3 Å². The molecule has 0 unspecified atom stereocenters. The molecule has 0 aliphatic carbocycles. The van der Waals surface area contributed by atoms with Crippen LogP contribution in [0.5, 0.6) is 11.5 Å². The Hall–Kier alpha value is -2.54. The fraction of sp³-hybridized carbons (Fsp3) is 0.115. The molecular weight excluding hydrogens is 695 g/mol. The van der Waals surface area contributed by atoms with Crippen molar-refractivity contribution in [2.24, 2.45) is 0 Å². The van der Waals surface area contributed by atoms with Crippen molar-refractivity contribution in [3.05, 3.63) is 89.8 Å². The third-order valence-corrected chi connectivity index (χ3v) is 8.10. The van der Waals surface area contributed by atoms with Crippen LogP contribution in [-0.4, -0.2) is 35.6 Å². The molecule has 0 atom stereocenters. The lowest BCUT2D eigenvalue weighted by Crippen LogP contribution is -2.36. The molecule has 1 N–H and O–H groups in total. The molecule has 0 bridgehead atoms. The van der Waals surface area contributed by atoms with Gasteiger partial charge in [-0.15, -0.1) is 0 Å². The number of ether oxygens (including phenoxy) is 2. The first kappa shape index (κ1) is 27.5. The van der Waals surface area contributed by atoms with E-state index in [2.05, 4.69) is 43.8 Å². The number of rotatable bonds is 8. The van der Waals surface area contributed by atoms with Crippen LogP contribution in [0.3, 0.4) is 0 Å². The molecule has 190 valence electrons. The summed E-state index contributed by atoms with van der Waals surface area (Å²) in [5.41, 5.74) is 2.13. The van der Waals surface area contributed by atoms with Gasteiger partial charge in [-0.2, -0.15) is 0 Å². The van der Waals surface area contributed by atoms with Crippen molar-refractivity contribution in [3.63, 3.8) is 0 Å². The molecule has 1 saturated heterocycles. The van der Waals surface area contributed by atoms with Gasteiger partial charge in [0.25, 0.3) is 11.1 Å². The number of halogens is 3. The Morgan fingerprint density at radius 1 is 1.16 bits per heavy atom. The Morgan fingerprint density at radius 2 is 1.92 bits per heavy atom. The predicted molar refractivity (Wildman–Crippen MR) is 157 cm³/mol. The van der Waals surface area contributed by atoms with E-state index in [9.17, 15) is 14.4 Å². The second-order valence-electron chi connectivity index (χ2n) is 7.75. The fourth-order valence-electron chi connectivity index (χ4n) is 3.40. The van der Waals surface area contributed by atoms with Crippen molar-refractivity contribution in [3.8, 4) is 11.5 Å². The lowest BCUT2D eigenvalue weighted by atomic mass is 10.1. The van der Waals surface area contributed by atoms with Crippen LogP contribution in [0.15, 0.2) is 70.0 Å². The molecule has 1 aliphatic rings. The maximum atomic E-state index is 12.9. The number of hydrogen-bond acceptors (Lipinski definition) is 6. The first-order valence-corrected chi connectivity index (χ1v) is 13.9. The Balaban J connectivity index is 1.46. The van der Waals surface area contributed by atoms with Gasteiger partial charge in [0.15, 0.2) is 11.5 Å². The maximum absolute atomic E-state index is 12.9. The van der Waals surface area contributed by atoms with E-state index in [1.165, 1.54) is 7.11 Å². The molecular formula is C26H19BrClIN2O5S. The third kappa shape index (κ3) is 6.86. The van der Waals surface area contributed by atoms with Crippen LogP contribution < -0.4 is 14.8 Å². The highest BCUT2D eigenvalue weighted by atomic mass is 127. The number of amides is 3. The summed E-state index contributed by atoms with van der Waals surface area (Å²) in [5, 5.41) is 2.55. The van der Waals surface area contributed by atoms with Gasteiger partial charge in [0.1, 0.15) is 13.2 Å². The first-order valence-electron chi connectivity index (χ1n) is 10.8. The van der Waals surface area contributed by atoms with Gasteiger partial charge >= 0.3 is 0 Å². The third-order valence-electron chi connectivity index (χ3n) is 5.15. The summed E-state index contributed by atoms with van der Waals surface area (Å²) in [6.07, 6.45) is 1.60. The number of imide groups is 1. The number of nitrogens with one attached hydrogen (secondary N) is 1. The van der Waals surface area contributed by atoms with Crippen molar-refractivity contribution in [1.29, 1.82) is 0 Å². The average molecular weight is 714 g/mol. The molecule has 1 fully saturated rings. The van der Waals surface area contributed by atoms with Crippen molar-refractivity contribution in [1.82, 2.24) is 4.90 Å². The van der Waals surface area contributed by atoms with Crippen LogP contribution in [0.4, 0.5) is 10.5 Å².